The predicted octanol–water partition coefficient (Wildman–Crippen LogP) is 3.76. The van der Waals surface area contributed by atoms with E-state index < -0.39 is 0 Å². The average molecular weight is 304 g/mol. The number of hydrogen-bond donors (Lipinski definition) is 1. The molecule has 106 valence electrons. The first-order valence-corrected chi connectivity index (χ1v) is 7.54. The van der Waals surface area contributed by atoms with Gasteiger partial charge in [-0.3, -0.25) is 0 Å². The fourth-order valence-electron chi connectivity index (χ4n) is 2.71. The van der Waals surface area contributed by atoms with E-state index in [0.717, 1.165) is 27.2 Å². The van der Waals surface area contributed by atoms with Gasteiger partial charge in [0.2, 0.25) is 0 Å². The number of anilines is 1. The molecule has 0 amide bonds. The van der Waals surface area contributed by atoms with Crippen LogP contribution < -0.4 is 5.73 Å². The Labute approximate surface area is 132 Å². The van der Waals surface area contributed by atoms with Gasteiger partial charge in [0.15, 0.2) is 0 Å². The van der Waals surface area contributed by atoms with Crippen molar-refractivity contribution in [2.45, 2.75) is 13.8 Å². The molecular weight excluding hydrogens is 292 g/mol. The van der Waals surface area contributed by atoms with Crippen LogP contribution in [0.4, 0.5) is 5.82 Å². The van der Waals surface area contributed by atoms with Crippen LogP contribution in [0.5, 0.6) is 0 Å². The molecule has 0 radical (unpaired) electrons. The van der Waals surface area contributed by atoms with Gasteiger partial charge in [-0.1, -0.05) is 6.07 Å². The van der Waals surface area contributed by atoms with Gasteiger partial charge in [-0.25, -0.2) is 4.98 Å². The summed E-state index contributed by atoms with van der Waals surface area (Å²) >= 11 is 1.62. The van der Waals surface area contributed by atoms with Gasteiger partial charge in [0.25, 0.3) is 0 Å². The fraction of sp³-hybridized carbons (Fsp3) is 0.118. The van der Waals surface area contributed by atoms with Gasteiger partial charge in [-0.2, -0.15) is 10.5 Å². The van der Waals surface area contributed by atoms with Crippen LogP contribution in [0, 0.1) is 29.6 Å². The van der Waals surface area contributed by atoms with E-state index in [2.05, 4.69) is 17.1 Å². The van der Waals surface area contributed by atoms with E-state index in [1.54, 1.807) is 11.3 Å². The lowest BCUT2D eigenvalue weighted by atomic mass is 9.97. The van der Waals surface area contributed by atoms with E-state index in [4.69, 9.17) is 5.73 Å². The minimum atomic E-state index is 0.177. The Hall–Kier alpha value is -2.89. The van der Waals surface area contributed by atoms with Crippen molar-refractivity contribution >= 4 is 34.4 Å². The second kappa shape index (κ2) is 5.14. The van der Waals surface area contributed by atoms with Crippen molar-refractivity contribution < 1.29 is 0 Å². The zero-order chi connectivity index (χ0) is 15.9. The fourth-order valence-corrected chi connectivity index (χ4v) is 3.37. The SMILES string of the molecule is CC1=C(C#N)c2nc(N)c(C#N)c(C)c2/C1=C\c1cccs1. The van der Waals surface area contributed by atoms with Crippen molar-refractivity contribution in [2.75, 3.05) is 5.73 Å². The van der Waals surface area contributed by atoms with Crippen LogP contribution in [0.1, 0.15) is 34.2 Å². The van der Waals surface area contributed by atoms with E-state index in [-0.39, 0.29) is 5.82 Å². The summed E-state index contributed by atoms with van der Waals surface area (Å²) in [5, 5.41) is 20.8. The van der Waals surface area contributed by atoms with Gasteiger partial charge in [0, 0.05) is 10.4 Å². The van der Waals surface area contributed by atoms with E-state index in [1.807, 2.05) is 37.4 Å². The van der Waals surface area contributed by atoms with Gasteiger partial charge in [-0.15, -0.1) is 11.3 Å². The quantitative estimate of drug-likeness (QED) is 0.869. The molecule has 5 heteroatoms. The Morgan fingerprint density at radius 1 is 1.27 bits per heavy atom. The molecule has 0 unspecified atom stereocenters. The molecule has 0 saturated carbocycles. The first-order valence-electron chi connectivity index (χ1n) is 6.66. The average Bonchev–Trinajstić information content (AvgIpc) is 3.07. The van der Waals surface area contributed by atoms with Crippen LogP contribution in [0.25, 0.3) is 17.2 Å². The van der Waals surface area contributed by atoms with Crippen molar-refractivity contribution in [3.63, 3.8) is 0 Å². The van der Waals surface area contributed by atoms with Crippen LogP contribution in [0.3, 0.4) is 0 Å². The maximum atomic E-state index is 9.46. The number of nitrogen functional groups attached to an aromatic ring is 1. The summed E-state index contributed by atoms with van der Waals surface area (Å²) in [6.45, 7) is 3.76. The second-order valence-electron chi connectivity index (χ2n) is 5.02. The molecule has 22 heavy (non-hydrogen) atoms. The summed E-state index contributed by atoms with van der Waals surface area (Å²) in [7, 11) is 0. The molecule has 2 N–H and O–H groups in total. The largest absolute Gasteiger partial charge is 0.383 e. The standard InChI is InChI=1S/C17H12N4S/c1-9-12(6-11-4-3-5-22-11)15-10(2)14(8-19)17(20)21-16(15)13(9)7-18/h3-6H,1-2H3,(H2,20,21)/b12-6-. The maximum absolute atomic E-state index is 9.46. The zero-order valence-electron chi connectivity index (χ0n) is 12.1. The Balaban J connectivity index is 2.36. The molecule has 0 bridgehead atoms. The number of nitriles is 2. The Morgan fingerprint density at radius 3 is 2.64 bits per heavy atom. The highest BCUT2D eigenvalue weighted by molar-refractivity contribution is 7.10. The molecule has 2 aromatic rings. The highest BCUT2D eigenvalue weighted by atomic mass is 32.1. The molecule has 4 nitrogen and oxygen atoms in total. The number of rotatable bonds is 1. The van der Waals surface area contributed by atoms with Crippen LogP contribution in [-0.4, -0.2) is 4.98 Å². The van der Waals surface area contributed by atoms with Crippen molar-refractivity contribution in [1.29, 1.82) is 10.5 Å². The smallest absolute Gasteiger partial charge is 0.142 e. The molecule has 0 spiro atoms. The highest BCUT2D eigenvalue weighted by Crippen LogP contribution is 2.44. The van der Waals surface area contributed by atoms with E-state index in [0.29, 0.717) is 16.8 Å². The lowest BCUT2D eigenvalue weighted by Crippen LogP contribution is -2.03. The summed E-state index contributed by atoms with van der Waals surface area (Å²) < 4.78 is 0. The monoisotopic (exact) mass is 304 g/mol. The van der Waals surface area contributed by atoms with Gasteiger partial charge >= 0.3 is 0 Å². The third-order valence-corrected chi connectivity index (χ3v) is 4.63. The summed E-state index contributed by atoms with van der Waals surface area (Å²) in [6.07, 6.45) is 2.04. The number of nitrogens with two attached hydrogens (primary N) is 1. The normalized spacial score (nSPS) is 14.8. The molecule has 2 heterocycles. The van der Waals surface area contributed by atoms with Crippen molar-refractivity contribution in [3.05, 3.63) is 50.3 Å². The van der Waals surface area contributed by atoms with Gasteiger partial charge in [-0.05, 0) is 48.1 Å². The molecule has 1 aliphatic carbocycles. The molecule has 0 aliphatic heterocycles. The van der Waals surface area contributed by atoms with E-state index in [1.165, 1.54) is 0 Å². The molecule has 0 saturated heterocycles. The first-order chi connectivity index (χ1) is 10.6. The number of allylic oxidation sites excluding steroid dienone is 3. The van der Waals surface area contributed by atoms with Crippen LogP contribution in [0.15, 0.2) is 23.1 Å². The van der Waals surface area contributed by atoms with Crippen molar-refractivity contribution in [2.24, 2.45) is 0 Å². The van der Waals surface area contributed by atoms with Crippen LogP contribution >= 0.6 is 11.3 Å². The summed E-state index contributed by atoms with van der Waals surface area (Å²) in [4.78, 5) is 5.40. The van der Waals surface area contributed by atoms with Crippen molar-refractivity contribution in [3.8, 4) is 12.1 Å². The lowest BCUT2D eigenvalue weighted by Gasteiger charge is -2.10. The van der Waals surface area contributed by atoms with Gasteiger partial charge < -0.3 is 5.73 Å². The first kappa shape index (κ1) is 14.1. The summed E-state index contributed by atoms with van der Waals surface area (Å²) in [5.41, 5.74) is 10.8. The highest BCUT2D eigenvalue weighted by Gasteiger charge is 2.29. The molecule has 0 aromatic carbocycles. The maximum Gasteiger partial charge on any atom is 0.142 e. The number of pyridine rings is 1. The molecule has 1 aliphatic rings. The van der Waals surface area contributed by atoms with Crippen LogP contribution in [-0.2, 0) is 0 Å². The van der Waals surface area contributed by atoms with E-state index in [9.17, 15) is 10.5 Å². The van der Waals surface area contributed by atoms with Crippen molar-refractivity contribution in [1.82, 2.24) is 4.98 Å². The topological polar surface area (TPSA) is 86.5 Å². The Bertz CT molecular complexity index is 919. The minimum Gasteiger partial charge on any atom is -0.383 e. The molecule has 3 rings (SSSR count). The van der Waals surface area contributed by atoms with E-state index >= 15 is 0 Å². The molecule has 0 atom stereocenters. The number of nitrogens with zero attached hydrogens (tertiary/aromatic N) is 3. The van der Waals surface area contributed by atoms with Gasteiger partial charge in [0.05, 0.1) is 16.8 Å². The zero-order valence-corrected chi connectivity index (χ0v) is 13.0. The molecule has 0 fully saturated rings. The number of aromatic nitrogens is 1. The number of thiophene rings is 1. The summed E-state index contributed by atoms with van der Waals surface area (Å²) in [6, 6.07) is 8.31. The summed E-state index contributed by atoms with van der Waals surface area (Å²) in [5.74, 6) is 0.177. The third kappa shape index (κ3) is 1.92. The lowest BCUT2D eigenvalue weighted by molar-refractivity contribution is 1.22. The third-order valence-electron chi connectivity index (χ3n) is 3.81. The number of hydrogen-bond acceptors (Lipinski definition) is 5. The van der Waals surface area contributed by atoms with Crippen LogP contribution in [0.2, 0.25) is 0 Å². The molecule has 2 aromatic heterocycles. The van der Waals surface area contributed by atoms with Gasteiger partial charge in [0.1, 0.15) is 18.0 Å². The number of fused-ring (bicyclic) bond motifs is 1. The Kier molecular flexibility index (Phi) is 3.29. The minimum absolute atomic E-state index is 0.177. The Morgan fingerprint density at radius 2 is 2.05 bits per heavy atom. The predicted molar refractivity (Wildman–Crippen MR) is 88.5 cm³/mol. The second-order valence-corrected chi connectivity index (χ2v) is 6.00. The molecular formula is C17H12N4S.